The van der Waals surface area contributed by atoms with Gasteiger partial charge in [0.1, 0.15) is 23.9 Å². The lowest BCUT2D eigenvalue weighted by atomic mass is 10.0. The molecule has 0 saturated carbocycles. The van der Waals surface area contributed by atoms with Crippen LogP contribution < -0.4 is 14.2 Å². The minimum absolute atomic E-state index is 0.550. The number of nitrogens with zero attached hydrogens (tertiary/aromatic N) is 2. The Morgan fingerprint density at radius 1 is 0.743 bits per heavy atom. The summed E-state index contributed by atoms with van der Waals surface area (Å²) in [6.45, 7) is 5.80. The fraction of sp³-hybridized carbons (Fsp3) is 0.379. The second-order valence-electron chi connectivity index (χ2n) is 8.85. The van der Waals surface area contributed by atoms with Crippen molar-refractivity contribution in [3.8, 4) is 17.2 Å². The Morgan fingerprint density at radius 3 is 2.03 bits per heavy atom. The predicted molar refractivity (Wildman–Crippen MR) is 139 cm³/mol. The Kier molecular flexibility index (Phi) is 9.01. The van der Waals surface area contributed by atoms with Crippen molar-refractivity contribution in [3.05, 3.63) is 89.5 Å². The zero-order valence-corrected chi connectivity index (χ0v) is 20.7. The van der Waals surface area contributed by atoms with Gasteiger partial charge in [0, 0.05) is 45.7 Å². The zero-order valence-electron chi connectivity index (χ0n) is 20.7. The van der Waals surface area contributed by atoms with E-state index in [4.69, 9.17) is 14.2 Å². The number of methoxy groups -OCH3 is 2. The molecule has 1 fully saturated rings. The van der Waals surface area contributed by atoms with E-state index in [-0.39, 0.29) is 0 Å². The maximum absolute atomic E-state index is 10.9. The highest BCUT2D eigenvalue weighted by atomic mass is 16.5. The van der Waals surface area contributed by atoms with Gasteiger partial charge < -0.3 is 19.3 Å². The summed E-state index contributed by atoms with van der Waals surface area (Å²) < 4.78 is 17.1. The van der Waals surface area contributed by atoms with Crippen LogP contribution in [-0.2, 0) is 6.42 Å². The first-order valence-corrected chi connectivity index (χ1v) is 12.3. The summed E-state index contributed by atoms with van der Waals surface area (Å²) in [5.41, 5.74) is 3.21. The number of benzene rings is 3. The first-order valence-electron chi connectivity index (χ1n) is 12.3. The maximum atomic E-state index is 10.9. The van der Waals surface area contributed by atoms with Gasteiger partial charge >= 0.3 is 0 Å². The molecule has 1 aliphatic heterocycles. The molecular formula is C29H36N2O4. The summed E-state index contributed by atoms with van der Waals surface area (Å²) in [4.78, 5) is 4.72. The number of piperazine rings is 1. The van der Waals surface area contributed by atoms with Crippen molar-refractivity contribution in [3.63, 3.8) is 0 Å². The Labute approximate surface area is 208 Å². The van der Waals surface area contributed by atoms with Crippen molar-refractivity contribution in [2.45, 2.75) is 12.5 Å². The monoisotopic (exact) mass is 476 g/mol. The Morgan fingerprint density at radius 2 is 1.34 bits per heavy atom. The summed E-state index contributed by atoms with van der Waals surface area (Å²) in [7, 11) is 3.23. The average Bonchev–Trinajstić information content (AvgIpc) is 2.90. The quantitative estimate of drug-likeness (QED) is 0.451. The molecule has 186 valence electrons. The number of aliphatic hydroxyl groups is 1. The molecule has 0 aliphatic carbocycles. The highest BCUT2D eigenvalue weighted by Crippen LogP contribution is 2.34. The van der Waals surface area contributed by atoms with Crippen molar-refractivity contribution in [2.24, 2.45) is 0 Å². The van der Waals surface area contributed by atoms with Gasteiger partial charge in [0.2, 0.25) is 0 Å². The molecule has 1 aliphatic rings. The smallest absolute Gasteiger partial charge is 0.128 e. The molecule has 1 N–H and O–H groups in total. The molecule has 4 rings (SSSR count). The first kappa shape index (κ1) is 25.0. The third kappa shape index (κ3) is 6.75. The first-order chi connectivity index (χ1) is 17.2. The van der Waals surface area contributed by atoms with E-state index >= 15 is 0 Å². The second kappa shape index (κ2) is 12.6. The second-order valence-corrected chi connectivity index (χ2v) is 8.85. The van der Waals surface area contributed by atoms with Crippen LogP contribution in [0, 0.1) is 0 Å². The van der Waals surface area contributed by atoms with Crippen molar-refractivity contribution in [2.75, 3.05) is 60.1 Å². The van der Waals surface area contributed by atoms with E-state index in [2.05, 4.69) is 52.3 Å². The van der Waals surface area contributed by atoms with Crippen LogP contribution in [0.1, 0.15) is 22.8 Å². The van der Waals surface area contributed by atoms with E-state index in [1.165, 1.54) is 11.1 Å². The van der Waals surface area contributed by atoms with E-state index < -0.39 is 6.10 Å². The zero-order chi connectivity index (χ0) is 24.5. The lowest BCUT2D eigenvalue weighted by molar-refractivity contribution is 0.0654. The largest absolute Gasteiger partial charge is 0.496 e. The van der Waals surface area contributed by atoms with Gasteiger partial charge in [-0.2, -0.15) is 0 Å². The number of ether oxygens (including phenoxy) is 3. The summed E-state index contributed by atoms with van der Waals surface area (Å²) in [5, 5.41) is 10.9. The highest BCUT2D eigenvalue weighted by molar-refractivity contribution is 5.46. The van der Waals surface area contributed by atoms with Gasteiger partial charge in [0.25, 0.3) is 0 Å². The molecule has 0 amide bonds. The molecule has 0 radical (unpaired) electrons. The van der Waals surface area contributed by atoms with Gasteiger partial charge in [-0.3, -0.25) is 9.80 Å². The molecule has 0 bridgehead atoms. The SMILES string of the molecule is COc1cccc(OC)c1C(O)CN1CCN(CCOc2ccccc2Cc2ccccc2)CC1. The van der Waals surface area contributed by atoms with Crippen molar-refractivity contribution in [1.82, 2.24) is 9.80 Å². The van der Waals surface area contributed by atoms with Gasteiger partial charge in [-0.05, 0) is 29.3 Å². The van der Waals surface area contributed by atoms with Crippen LogP contribution in [0.5, 0.6) is 17.2 Å². The van der Waals surface area contributed by atoms with E-state index in [0.717, 1.165) is 44.9 Å². The summed E-state index contributed by atoms with van der Waals surface area (Å²) in [6.07, 6.45) is 0.201. The summed E-state index contributed by atoms with van der Waals surface area (Å²) in [5.74, 6) is 2.27. The fourth-order valence-corrected chi connectivity index (χ4v) is 4.63. The van der Waals surface area contributed by atoms with Gasteiger partial charge in [-0.25, -0.2) is 0 Å². The average molecular weight is 477 g/mol. The molecule has 0 spiro atoms. The van der Waals surface area contributed by atoms with Gasteiger partial charge in [-0.15, -0.1) is 0 Å². The topological polar surface area (TPSA) is 54.4 Å². The predicted octanol–water partition coefficient (Wildman–Crippen LogP) is 4.02. The minimum Gasteiger partial charge on any atom is -0.496 e. The molecule has 1 atom stereocenters. The van der Waals surface area contributed by atoms with Crippen LogP contribution in [-0.4, -0.2) is 75.0 Å². The van der Waals surface area contributed by atoms with Gasteiger partial charge in [-0.1, -0.05) is 54.6 Å². The van der Waals surface area contributed by atoms with Crippen LogP contribution in [0.3, 0.4) is 0 Å². The Hall–Kier alpha value is -3.06. The fourth-order valence-electron chi connectivity index (χ4n) is 4.63. The molecular weight excluding hydrogens is 440 g/mol. The maximum Gasteiger partial charge on any atom is 0.128 e. The van der Waals surface area contributed by atoms with Crippen LogP contribution in [0.2, 0.25) is 0 Å². The summed E-state index contributed by atoms with van der Waals surface area (Å²) >= 11 is 0. The molecule has 3 aromatic carbocycles. The lowest BCUT2D eigenvalue weighted by Gasteiger charge is -2.35. The van der Waals surface area contributed by atoms with Crippen molar-refractivity contribution in [1.29, 1.82) is 0 Å². The number of β-amino-alcohol motifs (C(OH)–C–C–N with tert-alkyl or cyclic N) is 1. The van der Waals surface area contributed by atoms with Crippen LogP contribution >= 0.6 is 0 Å². The molecule has 6 heteroatoms. The molecule has 0 aromatic heterocycles. The normalized spacial score (nSPS) is 15.5. The van der Waals surface area contributed by atoms with Crippen LogP contribution in [0.25, 0.3) is 0 Å². The number of hydrogen-bond donors (Lipinski definition) is 1. The van der Waals surface area contributed by atoms with E-state index in [0.29, 0.717) is 30.2 Å². The standard InChI is InChI=1S/C29H36N2O4/c1-33-27-13-8-14-28(34-2)29(27)25(32)22-31-17-15-30(16-18-31)19-20-35-26-12-7-6-11-24(26)21-23-9-4-3-5-10-23/h3-14,25,32H,15-22H2,1-2H3. The molecule has 1 unspecified atom stereocenters. The van der Waals surface area contributed by atoms with E-state index in [1.807, 2.05) is 30.3 Å². The summed E-state index contributed by atoms with van der Waals surface area (Å²) in [6, 6.07) is 24.4. The van der Waals surface area contributed by atoms with E-state index in [1.54, 1.807) is 14.2 Å². The lowest BCUT2D eigenvalue weighted by Crippen LogP contribution is -2.48. The molecule has 1 heterocycles. The number of aliphatic hydroxyl groups excluding tert-OH is 1. The molecule has 3 aromatic rings. The number of para-hydroxylation sites is 1. The van der Waals surface area contributed by atoms with Crippen LogP contribution in [0.4, 0.5) is 0 Å². The highest BCUT2D eigenvalue weighted by Gasteiger charge is 2.24. The number of hydrogen-bond acceptors (Lipinski definition) is 6. The third-order valence-corrected chi connectivity index (χ3v) is 6.57. The molecule has 35 heavy (non-hydrogen) atoms. The third-order valence-electron chi connectivity index (χ3n) is 6.57. The van der Waals surface area contributed by atoms with Crippen molar-refractivity contribution < 1.29 is 19.3 Å². The molecule has 6 nitrogen and oxygen atoms in total. The Balaban J connectivity index is 1.24. The van der Waals surface area contributed by atoms with Gasteiger partial charge in [0.05, 0.1) is 25.9 Å². The van der Waals surface area contributed by atoms with Gasteiger partial charge in [0.15, 0.2) is 0 Å². The molecule has 1 saturated heterocycles. The van der Waals surface area contributed by atoms with E-state index in [9.17, 15) is 5.11 Å². The number of rotatable bonds is 11. The van der Waals surface area contributed by atoms with Crippen molar-refractivity contribution >= 4 is 0 Å². The minimum atomic E-state index is -0.669. The Bertz CT molecular complexity index is 1030. The van der Waals surface area contributed by atoms with Crippen LogP contribution in [0.15, 0.2) is 72.8 Å².